The molecule has 0 bridgehead atoms. The van der Waals surface area contributed by atoms with Crippen molar-refractivity contribution in [1.82, 2.24) is 15.1 Å². The summed E-state index contributed by atoms with van der Waals surface area (Å²) in [6.45, 7) is 3.22. The number of hydrogen-bond acceptors (Lipinski definition) is 4. The first-order valence-electron chi connectivity index (χ1n) is 6.76. The largest absolute Gasteiger partial charge is 0.395 e. The first-order chi connectivity index (χ1) is 10.1. The van der Waals surface area contributed by atoms with Crippen LogP contribution in [-0.2, 0) is 11.3 Å². The van der Waals surface area contributed by atoms with Gasteiger partial charge in [-0.15, -0.1) is 0 Å². The molecule has 0 saturated carbocycles. The minimum Gasteiger partial charge on any atom is -0.395 e. The van der Waals surface area contributed by atoms with E-state index in [1.54, 1.807) is 18.9 Å². The van der Waals surface area contributed by atoms with Gasteiger partial charge in [-0.2, -0.15) is 5.10 Å². The van der Waals surface area contributed by atoms with Crippen LogP contribution in [0.25, 0.3) is 0 Å². The number of aryl methyl sites for hydroxylation is 1. The third-order valence-corrected chi connectivity index (χ3v) is 3.27. The number of anilines is 1. The number of benzene rings is 1. The van der Waals surface area contributed by atoms with E-state index in [9.17, 15) is 4.79 Å². The summed E-state index contributed by atoms with van der Waals surface area (Å²) < 4.78 is 5.08. The Labute approximate surface area is 123 Å². The predicted octanol–water partition coefficient (Wildman–Crippen LogP) is 1.59. The first-order valence-corrected chi connectivity index (χ1v) is 6.76. The molecule has 21 heavy (non-hydrogen) atoms. The number of hydrogen-bond donors (Lipinski definition) is 2. The molecule has 1 heterocycles. The second-order valence-corrected chi connectivity index (χ2v) is 4.82. The maximum Gasteiger partial charge on any atom is 0.276 e. The molecular formula is C15H20N4O2. The van der Waals surface area contributed by atoms with E-state index in [4.69, 9.17) is 10.5 Å². The van der Waals surface area contributed by atoms with Crippen LogP contribution in [0.1, 0.15) is 21.7 Å². The fraction of sp³-hybridized carbons (Fsp3) is 0.333. The number of nitrogen functional groups attached to an aromatic ring is 1. The molecule has 0 spiro atoms. The van der Waals surface area contributed by atoms with Crippen molar-refractivity contribution in [2.45, 2.75) is 13.5 Å². The molecule has 0 aliphatic carbocycles. The molecule has 0 unspecified atom stereocenters. The number of methoxy groups -OCH3 is 1. The zero-order valence-corrected chi connectivity index (χ0v) is 12.3. The Morgan fingerprint density at radius 3 is 2.67 bits per heavy atom. The summed E-state index contributed by atoms with van der Waals surface area (Å²) in [6, 6.07) is 9.79. The Hall–Kier alpha value is -2.34. The lowest BCUT2D eigenvalue weighted by atomic mass is 10.2. The van der Waals surface area contributed by atoms with Crippen molar-refractivity contribution < 1.29 is 9.53 Å². The molecule has 2 rings (SSSR count). The molecular weight excluding hydrogens is 268 g/mol. The summed E-state index contributed by atoms with van der Waals surface area (Å²) in [5, 5.41) is 6.74. The molecule has 3 N–H and O–H groups in total. The van der Waals surface area contributed by atoms with Crippen LogP contribution in [0.2, 0.25) is 0 Å². The number of nitrogens with one attached hydrogen (secondary N) is 1. The third kappa shape index (κ3) is 3.61. The van der Waals surface area contributed by atoms with Gasteiger partial charge in [0.05, 0.1) is 18.0 Å². The predicted molar refractivity (Wildman–Crippen MR) is 80.8 cm³/mol. The van der Waals surface area contributed by atoms with Gasteiger partial charge in [-0.25, -0.2) is 0 Å². The van der Waals surface area contributed by atoms with Crippen LogP contribution >= 0.6 is 0 Å². The van der Waals surface area contributed by atoms with Gasteiger partial charge in [0.1, 0.15) is 0 Å². The summed E-state index contributed by atoms with van der Waals surface area (Å²) in [5.74, 6) is -0.197. The van der Waals surface area contributed by atoms with Crippen LogP contribution in [0, 0.1) is 6.92 Å². The summed E-state index contributed by atoms with van der Waals surface area (Å²) >= 11 is 0. The van der Waals surface area contributed by atoms with Crippen LogP contribution in [0.3, 0.4) is 0 Å². The molecule has 1 aromatic heterocycles. The van der Waals surface area contributed by atoms with Crippen LogP contribution in [0.15, 0.2) is 30.3 Å². The molecule has 6 heteroatoms. The number of nitrogens with two attached hydrogens (primary N) is 1. The summed E-state index contributed by atoms with van der Waals surface area (Å²) in [5.41, 5.74) is 8.30. The van der Waals surface area contributed by atoms with Gasteiger partial charge in [0.15, 0.2) is 5.69 Å². The molecule has 0 radical (unpaired) electrons. The quantitative estimate of drug-likeness (QED) is 0.845. The van der Waals surface area contributed by atoms with E-state index >= 15 is 0 Å². The molecule has 1 amide bonds. The molecule has 0 saturated heterocycles. The summed E-state index contributed by atoms with van der Waals surface area (Å²) in [7, 11) is 1.61. The smallest absolute Gasteiger partial charge is 0.276 e. The highest BCUT2D eigenvalue weighted by atomic mass is 16.5. The fourth-order valence-corrected chi connectivity index (χ4v) is 2.01. The highest BCUT2D eigenvalue weighted by Gasteiger charge is 2.22. The van der Waals surface area contributed by atoms with E-state index < -0.39 is 0 Å². The van der Waals surface area contributed by atoms with Crippen molar-refractivity contribution in [1.29, 1.82) is 0 Å². The van der Waals surface area contributed by atoms with Crippen molar-refractivity contribution in [3.8, 4) is 0 Å². The van der Waals surface area contributed by atoms with Crippen molar-refractivity contribution in [3.63, 3.8) is 0 Å². The van der Waals surface area contributed by atoms with Gasteiger partial charge in [0.2, 0.25) is 0 Å². The number of H-pyrrole nitrogens is 1. The minimum atomic E-state index is -0.197. The van der Waals surface area contributed by atoms with E-state index in [1.807, 2.05) is 30.3 Å². The summed E-state index contributed by atoms with van der Waals surface area (Å²) in [4.78, 5) is 14.3. The minimum absolute atomic E-state index is 0.197. The normalized spacial score (nSPS) is 10.6. The topological polar surface area (TPSA) is 84.2 Å². The van der Waals surface area contributed by atoms with Gasteiger partial charge >= 0.3 is 0 Å². The molecule has 2 aromatic rings. The Morgan fingerprint density at radius 1 is 1.38 bits per heavy atom. The van der Waals surface area contributed by atoms with E-state index in [-0.39, 0.29) is 11.6 Å². The van der Waals surface area contributed by atoms with E-state index in [0.717, 1.165) is 5.56 Å². The summed E-state index contributed by atoms with van der Waals surface area (Å²) in [6.07, 6.45) is 0. The molecule has 0 aliphatic rings. The van der Waals surface area contributed by atoms with Crippen molar-refractivity contribution in [3.05, 3.63) is 47.3 Å². The molecule has 6 nitrogen and oxygen atoms in total. The molecule has 0 fully saturated rings. The average molecular weight is 288 g/mol. The maximum atomic E-state index is 12.6. The second-order valence-electron chi connectivity index (χ2n) is 4.82. The Morgan fingerprint density at radius 2 is 2.10 bits per heavy atom. The number of amides is 1. The van der Waals surface area contributed by atoms with E-state index in [2.05, 4.69) is 10.2 Å². The van der Waals surface area contributed by atoms with Crippen molar-refractivity contribution >= 4 is 11.6 Å². The van der Waals surface area contributed by atoms with Crippen LogP contribution < -0.4 is 5.73 Å². The monoisotopic (exact) mass is 288 g/mol. The zero-order valence-electron chi connectivity index (χ0n) is 12.3. The van der Waals surface area contributed by atoms with Crippen LogP contribution in [-0.4, -0.2) is 41.3 Å². The Balaban J connectivity index is 2.19. The number of carbonyl (C=O) groups is 1. The number of ether oxygens (including phenoxy) is 1. The van der Waals surface area contributed by atoms with Gasteiger partial charge in [-0.05, 0) is 12.5 Å². The SMILES string of the molecule is COCCN(Cc1ccccc1)C(=O)c1n[nH]c(C)c1N. The number of aromatic amines is 1. The highest BCUT2D eigenvalue weighted by Crippen LogP contribution is 2.16. The fourth-order valence-electron chi connectivity index (χ4n) is 2.01. The standard InChI is InChI=1S/C15H20N4O2/c1-11-13(16)14(18-17-11)15(20)19(8-9-21-2)10-12-6-4-3-5-7-12/h3-7H,8-10,16H2,1-2H3,(H,17,18). The first kappa shape index (κ1) is 15.1. The van der Waals surface area contributed by atoms with Gasteiger partial charge in [-0.1, -0.05) is 30.3 Å². The van der Waals surface area contributed by atoms with Gasteiger partial charge in [-0.3, -0.25) is 9.89 Å². The second kappa shape index (κ2) is 6.90. The lowest BCUT2D eigenvalue weighted by molar-refractivity contribution is 0.0675. The lowest BCUT2D eigenvalue weighted by Crippen LogP contribution is -2.34. The molecule has 0 aliphatic heterocycles. The molecule has 1 aromatic carbocycles. The third-order valence-electron chi connectivity index (χ3n) is 3.27. The van der Waals surface area contributed by atoms with Gasteiger partial charge in [0, 0.05) is 20.2 Å². The highest BCUT2D eigenvalue weighted by molar-refractivity contribution is 5.97. The molecule has 112 valence electrons. The van der Waals surface area contributed by atoms with E-state index in [0.29, 0.717) is 31.1 Å². The Bertz CT molecular complexity index is 595. The maximum absolute atomic E-state index is 12.6. The average Bonchev–Trinajstić information content (AvgIpc) is 2.84. The van der Waals surface area contributed by atoms with Crippen LogP contribution in [0.5, 0.6) is 0 Å². The van der Waals surface area contributed by atoms with E-state index in [1.165, 1.54) is 0 Å². The number of carbonyl (C=O) groups excluding carboxylic acids is 1. The zero-order chi connectivity index (χ0) is 15.2. The van der Waals surface area contributed by atoms with Gasteiger partial charge < -0.3 is 15.4 Å². The molecule has 0 atom stereocenters. The van der Waals surface area contributed by atoms with Crippen molar-refractivity contribution in [2.75, 3.05) is 26.0 Å². The van der Waals surface area contributed by atoms with Crippen molar-refractivity contribution in [2.24, 2.45) is 0 Å². The Kier molecular flexibility index (Phi) is 4.94. The number of aromatic nitrogens is 2. The van der Waals surface area contributed by atoms with Gasteiger partial charge in [0.25, 0.3) is 5.91 Å². The number of rotatable bonds is 6. The lowest BCUT2D eigenvalue weighted by Gasteiger charge is -2.21. The van der Waals surface area contributed by atoms with Crippen LogP contribution in [0.4, 0.5) is 5.69 Å². The number of nitrogens with zero attached hydrogens (tertiary/aromatic N) is 2.